The molecule has 0 atom stereocenters. The Kier molecular flexibility index (Phi) is 6.39. The fourth-order valence-electron chi connectivity index (χ4n) is 1.91. The van der Waals surface area contributed by atoms with E-state index in [9.17, 15) is 13.6 Å². The van der Waals surface area contributed by atoms with Crippen LogP contribution in [0.1, 0.15) is 24.2 Å². The first kappa shape index (κ1) is 19.2. The maximum absolute atomic E-state index is 12.5. The Hall–Kier alpha value is -2.12. The lowest BCUT2D eigenvalue weighted by Gasteiger charge is -2.16. The number of alkyl halides is 2. The summed E-state index contributed by atoms with van der Waals surface area (Å²) in [7, 11) is 0. The van der Waals surface area contributed by atoms with Gasteiger partial charge in [0.2, 0.25) is 0 Å². The minimum atomic E-state index is -3.01. The number of carbonyl (C=O) groups is 1. The molecule has 0 saturated heterocycles. The molecular weight excluding hydrogens is 377 g/mol. The number of anilines is 1. The van der Waals surface area contributed by atoms with Gasteiger partial charge in [-0.2, -0.15) is 8.78 Å². The molecule has 2 aromatic rings. The summed E-state index contributed by atoms with van der Waals surface area (Å²) < 4.78 is 34.8. The van der Waals surface area contributed by atoms with Gasteiger partial charge in [0.25, 0.3) is 5.91 Å². The van der Waals surface area contributed by atoms with Crippen molar-refractivity contribution in [1.82, 2.24) is 4.98 Å². The summed E-state index contributed by atoms with van der Waals surface area (Å²) in [6, 6.07) is 3.85. The molecule has 0 aliphatic carbocycles. The second kappa shape index (κ2) is 8.31. The third-order valence-corrected chi connectivity index (χ3v) is 3.45. The third kappa shape index (κ3) is 5.17. The van der Waals surface area contributed by atoms with Gasteiger partial charge < -0.3 is 14.8 Å². The smallest absolute Gasteiger partial charge is 0.387 e. The van der Waals surface area contributed by atoms with Crippen LogP contribution in [0.4, 0.5) is 14.5 Å². The number of benzene rings is 1. The van der Waals surface area contributed by atoms with Crippen molar-refractivity contribution in [2.75, 3.05) is 5.32 Å². The van der Waals surface area contributed by atoms with Gasteiger partial charge in [-0.25, -0.2) is 0 Å². The van der Waals surface area contributed by atoms with Crippen LogP contribution in [-0.2, 0) is 0 Å². The standard InChI is InChI=1S/C16H14Cl2F2N2O3/c1-8(2)24-13-5-9(3-4-12(13)25-16(19)20)15(23)22-14-10(17)6-21-7-11(14)18/h3-8,16H,1-2H3,(H,21,22,23). The number of rotatable bonds is 6. The topological polar surface area (TPSA) is 60.5 Å². The minimum absolute atomic E-state index is 0.0230. The van der Waals surface area contributed by atoms with Crippen molar-refractivity contribution >= 4 is 34.8 Å². The maximum atomic E-state index is 12.5. The monoisotopic (exact) mass is 390 g/mol. The molecule has 0 bridgehead atoms. The van der Waals surface area contributed by atoms with Crippen LogP contribution in [0.3, 0.4) is 0 Å². The highest BCUT2D eigenvalue weighted by molar-refractivity contribution is 6.39. The summed E-state index contributed by atoms with van der Waals surface area (Å²) in [5.74, 6) is -0.692. The van der Waals surface area contributed by atoms with Gasteiger partial charge in [0.1, 0.15) is 0 Å². The van der Waals surface area contributed by atoms with Crippen molar-refractivity contribution in [2.24, 2.45) is 0 Å². The van der Waals surface area contributed by atoms with Crippen molar-refractivity contribution in [1.29, 1.82) is 0 Å². The molecule has 0 spiro atoms. The van der Waals surface area contributed by atoms with Crippen molar-refractivity contribution in [3.05, 3.63) is 46.2 Å². The van der Waals surface area contributed by atoms with E-state index in [1.807, 2.05) is 0 Å². The highest BCUT2D eigenvalue weighted by atomic mass is 35.5. The summed E-state index contributed by atoms with van der Waals surface area (Å²) in [6.07, 6.45) is 2.36. The first-order valence-electron chi connectivity index (χ1n) is 7.13. The minimum Gasteiger partial charge on any atom is -0.487 e. The van der Waals surface area contributed by atoms with E-state index in [0.717, 1.165) is 0 Å². The largest absolute Gasteiger partial charge is 0.487 e. The van der Waals surface area contributed by atoms with Crippen molar-refractivity contribution in [2.45, 2.75) is 26.6 Å². The Bertz CT molecular complexity index is 753. The second-order valence-electron chi connectivity index (χ2n) is 5.14. The van der Waals surface area contributed by atoms with Crippen LogP contribution >= 0.6 is 23.2 Å². The molecule has 0 fully saturated rings. The van der Waals surface area contributed by atoms with Crippen molar-refractivity contribution < 1.29 is 23.0 Å². The molecule has 2 rings (SSSR count). The van der Waals surface area contributed by atoms with Crippen LogP contribution in [0.15, 0.2) is 30.6 Å². The molecule has 9 heteroatoms. The van der Waals surface area contributed by atoms with Gasteiger partial charge in [0, 0.05) is 18.0 Å². The highest BCUT2D eigenvalue weighted by Crippen LogP contribution is 2.32. The third-order valence-electron chi connectivity index (χ3n) is 2.88. The molecule has 25 heavy (non-hydrogen) atoms. The van der Waals surface area contributed by atoms with Crippen LogP contribution in [-0.4, -0.2) is 23.6 Å². The molecule has 0 aliphatic rings. The van der Waals surface area contributed by atoms with Crippen LogP contribution < -0.4 is 14.8 Å². The molecule has 5 nitrogen and oxygen atoms in total. The zero-order valence-corrected chi connectivity index (χ0v) is 14.7. The van der Waals surface area contributed by atoms with Crippen LogP contribution in [0.25, 0.3) is 0 Å². The van der Waals surface area contributed by atoms with Gasteiger partial charge in [0.15, 0.2) is 11.5 Å². The molecule has 0 aliphatic heterocycles. The number of carbonyl (C=O) groups excluding carboxylic acids is 1. The molecule has 1 aromatic heterocycles. The molecule has 0 saturated carbocycles. The van der Waals surface area contributed by atoms with Gasteiger partial charge in [0.05, 0.1) is 21.8 Å². The maximum Gasteiger partial charge on any atom is 0.387 e. The van der Waals surface area contributed by atoms with Gasteiger partial charge in [-0.3, -0.25) is 9.78 Å². The number of amides is 1. The number of halogens is 4. The predicted molar refractivity (Wildman–Crippen MR) is 91.0 cm³/mol. The van der Waals surface area contributed by atoms with Gasteiger partial charge in [-0.05, 0) is 32.0 Å². The van der Waals surface area contributed by atoms with E-state index in [4.69, 9.17) is 27.9 Å². The molecule has 134 valence electrons. The molecule has 1 heterocycles. The van der Waals surface area contributed by atoms with Crippen LogP contribution in [0.5, 0.6) is 11.5 Å². The molecule has 1 N–H and O–H groups in total. The molecule has 0 unspecified atom stereocenters. The predicted octanol–water partition coefficient (Wildman–Crippen LogP) is 5.03. The fourth-order valence-corrected chi connectivity index (χ4v) is 2.36. The van der Waals surface area contributed by atoms with Crippen molar-refractivity contribution in [3.8, 4) is 11.5 Å². The second-order valence-corrected chi connectivity index (χ2v) is 5.95. The van der Waals surface area contributed by atoms with Crippen molar-refractivity contribution in [3.63, 3.8) is 0 Å². The molecule has 1 amide bonds. The summed E-state index contributed by atoms with van der Waals surface area (Å²) >= 11 is 11.9. The number of hydrogen-bond acceptors (Lipinski definition) is 4. The van der Waals surface area contributed by atoms with E-state index in [0.29, 0.717) is 0 Å². The van der Waals surface area contributed by atoms with Gasteiger partial charge >= 0.3 is 6.61 Å². The zero-order valence-electron chi connectivity index (χ0n) is 13.2. The molecule has 1 aromatic carbocycles. The Labute approximate surface area is 152 Å². The Morgan fingerprint density at radius 2 is 1.76 bits per heavy atom. The summed E-state index contributed by atoms with van der Waals surface area (Å²) in [5, 5.41) is 2.88. The lowest BCUT2D eigenvalue weighted by Crippen LogP contribution is -2.14. The summed E-state index contributed by atoms with van der Waals surface area (Å²) in [4.78, 5) is 16.2. The summed E-state index contributed by atoms with van der Waals surface area (Å²) in [6.45, 7) is 0.425. The zero-order chi connectivity index (χ0) is 18.6. The normalized spacial score (nSPS) is 10.9. The quantitative estimate of drug-likeness (QED) is 0.751. The first-order chi connectivity index (χ1) is 11.8. The first-order valence-corrected chi connectivity index (χ1v) is 7.89. The SMILES string of the molecule is CC(C)Oc1cc(C(=O)Nc2c(Cl)cncc2Cl)ccc1OC(F)F. The number of nitrogens with zero attached hydrogens (tertiary/aromatic N) is 1. The van der Waals surface area contributed by atoms with Gasteiger partial charge in [-0.1, -0.05) is 23.2 Å². The summed E-state index contributed by atoms with van der Waals surface area (Å²) in [5.41, 5.74) is 0.351. The van der Waals surface area contributed by atoms with Crippen LogP contribution in [0, 0.1) is 0 Å². The van der Waals surface area contributed by atoms with E-state index >= 15 is 0 Å². The Morgan fingerprint density at radius 3 is 2.32 bits per heavy atom. The number of hydrogen-bond donors (Lipinski definition) is 1. The number of pyridine rings is 1. The lowest BCUT2D eigenvalue weighted by molar-refractivity contribution is -0.0518. The molecule has 0 radical (unpaired) electrons. The average Bonchev–Trinajstić information content (AvgIpc) is 2.51. The Morgan fingerprint density at radius 1 is 1.12 bits per heavy atom. The van der Waals surface area contributed by atoms with E-state index < -0.39 is 12.5 Å². The lowest BCUT2D eigenvalue weighted by atomic mass is 10.2. The van der Waals surface area contributed by atoms with Crippen LogP contribution in [0.2, 0.25) is 10.0 Å². The highest BCUT2D eigenvalue weighted by Gasteiger charge is 2.17. The van der Waals surface area contributed by atoms with E-state index in [2.05, 4.69) is 15.0 Å². The number of aromatic nitrogens is 1. The fraction of sp³-hybridized carbons (Fsp3) is 0.250. The van der Waals surface area contributed by atoms with E-state index in [1.165, 1.54) is 30.6 Å². The van der Waals surface area contributed by atoms with Gasteiger partial charge in [-0.15, -0.1) is 0 Å². The average molecular weight is 391 g/mol. The number of nitrogens with one attached hydrogen (secondary N) is 1. The Balaban J connectivity index is 2.30. The molecular formula is C16H14Cl2F2N2O3. The van der Waals surface area contributed by atoms with E-state index in [1.54, 1.807) is 13.8 Å². The van der Waals surface area contributed by atoms with E-state index in [-0.39, 0.29) is 38.9 Å². The number of ether oxygens (including phenoxy) is 2.